The van der Waals surface area contributed by atoms with Crippen LogP contribution in [0.1, 0.15) is 25.3 Å². The van der Waals surface area contributed by atoms with Gasteiger partial charge in [-0.1, -0.05) is 19.4 Å². The van der Waals surface area contributed by atoms with Crippen molar-refractivity contribution in [3.8, 4) is 17.6 Å². The Balaban J connectivity index is 2.83. The SMILES string of the molecule is CCCCOc1cc(/C=C/C#N)ccc1OC. The molecule has 0 aromatic heterocycles. The van der Waals surface area contributed by atoms with Gasteiger partial charge in [0.2, 0.25) is 0 Å². The van der Waals surface area contributed by atoms with Crippen LogP contribution in [0.3, 0.4) is 0 Å². The fourth-order valence-electron chi connectivity index (χ4n) is 1.37. The van der Waals surface area contributed by atoms with Gasteiger partial charge in [0.05, 0.1) is 19.8 Å². The van der Waals surface area contributed by atoms with Gasteiger partial charge in [-0.2, -0.15) is 5.26 Å². The van der Waals surface area contributed by atoms with Crippen LogP contribution in [0.4, 0.5) is 0 Å². The van der Waals surface area contributed by atoms with Crippen LogP contribution < -0.4 is 9.47 Å². The summed E-state index contributed by atoms with van der Waals surface area (Å²) in [5.41, 5.74) is 0.929. The van der Waals surface area contributed by atoms with Crippen LogP contribution in [0.25, 0.3) is 6.08 Å². The molecule has 3 nitrogen and oxygen atoms in total. The highest BCUT2D eigenvalue weighted by Gasteiger charge is 2.04. The molecule has 0 saturated heterocycles. The minimum absolute atomic E-state index is 0.679. The summed E-state index contributed by atoms with van der Waals surface area (Å²) in [6.45, 7) is 2.80. The van der Waals surface area contributed by atoms with Crippen molar-refractivity contribution in [2.24, 2.45) is 0 Å². The Labute approximate surface area is 102 Å². The highest BCUT2D eigenvalue weighted by atomic mass is 16.5. The monoisotopic (exact) mass is 231 g/mol. The van der Waals surface area contributed by atoms with E-state index in [1.165, 1.54) is 6.08 Å². The van der Waals surface area contributed by atoms with Crippen molar-refractivity contribution in [2.75, 3.05) is 13.7 Å². The van der Waals surface area contributed by atoms with Gasteiger partial charge in [0.25, 0.3) is 0 Å². The fraction of sp³-hybridized carbons (Fsp3) is 0.357. The predicted octanol–water partition coefficient (Wildman–Crippen LogP) is 3.41. The second-order valence-corrected chi connectivity index (χ2v) is 3.57. The molecule has 1 aromatic carbocycles. The minimum atomic E-state index is 0.679. The van der Waals surface area contributed by atoms with E-state index in [4.69, 9.17) is 14.7 Å². The topological polar surface area (TPSA) is 42.2 Å². The third-order valence-corrected chi connectivity index (χ3v) is 2.29. The van der Waals surface area contributed by atoms with E-state index in [1.807, 2.05) is 24.3 Å². The molecule has 0 unspecified atom stereocenters. The van der Waals surface area contributed by atoms with Crippen molar-refractivity contribution in [1.29, 1.82) is 5.26 Å². The quantitative estimate of drug-likeness (QED) is 0.556. The lowest BCUT2D eigenvalue weighted by Gasteiger charge is -2.10. The zero-order valence-corrected chi connectivity index (χ0v) is 10.3. The van der Waals surface area contributed by atoms with Gasteiger partial charge in [-0.3, -0.25) is 0 Å². The number of hydrogen-bond acceptors (Lipinski definition) is 3. The Morgan fingerprint density at radius 1 is 1.35 bits per heavy atom. The highest BCUT2D eigenvalue weighted by molar-refractivity contribution is 5.57. The molecule has 3 heteroatoms. The largest absolute Gasteiger partial charge is 0.493 e. The zero-order chi connectivity index (χ0) is 12.5. The molecule has 1 rings (SSSR count). The maximum atomic E-state index is 8.48. The lowest BCUT2D eigenvalue weighted by atomic mass is 10.2. The first-order valence-electron chi connectivity index (χ1n) is 5.68. The molecule has 0 radical (unpaired) electrons. The summed E-state index contributed by atoms with van der Waals surface area (Å²) < 4.78 is 10.9. The molecule has 0 atom stereocenters. The standard InChI is InChI=1S/C14H17NO2/c1-3-4-10-17-14-11-12(6-5-9-15)7-8-13(14)16-2/h5-8,11H,3-4,10H2,1-2H3/b6-5+. The van der Waals surface area contributed by atoms with Crippen molar-refractivity contribution < 1.29 is 9.47 Å². The number of nitriles is 1. The van der Waals surface area contributed by atoms with Gasteiger partial charge in [0.15, 0.2) is 11.5 Å². The molecule has 0 aliphatic carbocycles. The zero-order valence-electron chi connectivity index (χ0n) is 10.3. The molecule has 0 N–H and O–H groups in total. The van der Waals surface area contributed by atoms with Crippen LogP contribution in [0.15, 0.2) is 24.3 Å². The van der Waals surface area contributed by atoms with Crippen LogP contribution in [-0.2, 0) is 0 Å². The Hall–Kier alpha value is -1.95. The summed E-state index contributed by atoms with van der Waals surface area (Å²) in [5, 5.41) is 8.48. The Kier molecular flexibility index (Phi) is 5.67. The van der Waals surface area contributed by atoms with Gasteiger partial charge >= 0.3 is 0 Å². The van der Waals surface area contributed by atoms with E-state index in [0.29, 0.717) is 6.61 Å². The molecule has 0 amide bonds. The van der Waals surface area contributed by atoms with E-state index in [-0.39, 0.29) is 0 Å². The number of benzene rings is 1. The van der Waals surface area contributed by atoms with E-state index in [1.54, 1.807) is 13.2 Å². The van der Waals surface area contributed by atoms with E-state index < -0.39 is 0 Å². The first-order valence-corrected chi connectivity index (χ1v) is 5.68. The minimum Gasteiger partial charge on any atom is -0.493 e. The number of hydrogen-bond donors (Lipinski definition) is 0. The summed E-state index contributed by atoms with van der Waals surface area (Å²) in [6, 6.07) is 7.58. The number of methoxy groups -OCH3 is 1. The van der Waals surface area contributed by atoms with Crippen molar-refractivity contribution in [2.45, 2.75) is 19.8 Å². The van der Waals surface area contributed by atoms with E-state index in [9.17, 15) is 0 Å². The first kappa shape index (κ1) is 13.1. The molecule has 0 aliphatic heterocycles. The van der Waals surface area contributed by atoms with Crippen LogP contribution in [-0.4, -0.2) is 13.7 Å². The normalized spacial score (nSPS) is 10.2. The second-order valence-electron chi connectivity index (χ2n) is 3.57. The molecule has 90 valence electrons. The van der Waals surface area contributed by atoms with Gasteiger partial charge < -0.3 is 9.47 Å². The Morgan fingerprint density at radius 2 is 2.18 bits per heavy atom. The highest BCUT2D eigenvalue weighted by Crippen LogP contribution is 2.28. The molecule has 0 saturated carbocycles. The molecule has 1 aromatic rings. The Bertz CT molecular complexity index is 419. The van der Waals surface area contributed by atoms with Crippen LogP contribution in [0.2, 0.25) is 0 Å². The number of nitrogens with zero attached hydrogens (tertiary/aromatic N) is 1. The lowest BCUT2D eigenvalue weighted by Crippen LogP contribution is -1.99. The van der Waals surface area contributed by atoms with Gasteiger partial charge in [-0.05, 0) is 30.2 Å². The molecule has 0 fully saturated rings. The van der Waals surface area contributed by atoms with Crippen molar-refractivity contribution in [3.63, 3.8) is 0 Å². The van der Waals surface area contributed by atoms with Gasteiger partial charge in [0.1, 0.15) is 0 Å². The maximum absolute atomic E-state index is 8.48. The first-order chi connectivity index (χ1) is 8.31. The number of unbranched alkanes of at least 4 members (excludes halogenated alkanes) is 1. The van der Waals surface area contributed by atoms with Crippen molar-refractivity contribution in [1.82, 2.24) is 0 Å². The second kappa shape index (κ2) is 7.34. The van der Waals surface area contributed by atoms with Gasteiger partial charge in [-0.15, -0.1) is 0 Å². The fourth-order valence-corrected chi connectivity index (χ4v) is 1.37. The summed E-state index contributed by atoms with van der Waals surface area (Å²) in [4.78, 5) is 0. The molecular weight excluding hydrogens is 214 g/mol. The number of allylic oxidation sites excluding steroid dienone is 1. The van der Waals surface area contributed by atoms with E-state index in [2.05, 4.69) is 6.92 Å². The molecular formula is C14H17NO2. The molecule has 0 heterocycles. The number of rotatable bonds is 6. The van der Waals surface area contributed by atoms with Crippen molar-refractivity contribution >= 4 is 6.08 Å². The third kappa shape index (κ3) is 4.20. The predicted molar refractivity (Wildman–Crippen MR) is 68.0 cm³/mol. The summed E-state index contributed by atoms with van der Waals surface area (Å²) in [6.07, 6.45) is 5.29. The molecule has 0 bridgehead atoms. The molecule has 0 aliphatic rings. The summed E-state index contributed by atoms with van der Waals surface area (Å²) in [7, 11) is 1.62. The number of ether oxygens (including phenoxy) is 2. The summed E-state index contributed by atoms with van der Waals surface area (Å²) in [5.74, 6) is 1.44. The molecule has 17 heavy (non-hydrogen) atoms. The van der Waals surface area contributed by atoms with E-state index >= 15 is 0 Å². The average molecular weight is 231 g/mol. The summed E-state index contributed by atoms with van der Waals surface area (Å²) >= 11 is 0. The van der Waals surface area contributed by atoms with Gasteiger partial charge in [-0.25, -0.2) is 0 Å². The van der Waals surface area contributed by atoms with E-state index in [0.717, 1.165) is 29.9 Å². The van der Waals surface area contributed by atoms with Crippen LogP contribution in [0, 0.1) is 11.3 Å². The van der Waals surface area contributed by atoms with Gasteiger partial charge in [0, 0.05) is 6.08 Å². The smallest absolute Gasteiger partial charge is 0.161 e. The maximum Gasteiger partial charge on any atom is 0.161 e. The van der Waals surface area contributed by atoms with Crippen LogP contribution in [0.5, 0.6) is 11.5 Å². The van der Waals surface area contributed by atoms with Crippen LogP contribution >= 0.6 is 0 Å². The third-order valence-electron chi connectivity index (χ3n) is 2.29. The molecule has 0 spiro atoms. The average Bonchev–Trinajstić information content (AvgIpc) is 2.37. The lowest BCUT2D eigenvalue weighted by molar-refractivity contribution is 0.288. The Morgan fingerprint density at radius 3 is 2.82 bits per heavy atom. The van der Waals surface area contributed by atoms with Crippen molar-refractivity contribution in [3.05, 3.63) is 29.8 Å².